The molecule has 0 saturated carbocycles. The molecule has 0 fully saturated rings. The molecule has 6 heteroatoms. The van der Waals surface area contributed by atoms with Crippen LogP contribution in [0.1, 0.15) is 43.1 Å². The van der Waals surface area contributed by atoms with Crippen LogP contribution in [-0.2, 0) is 16.6 Å². The molecule has 2 rings (SSSR count). The third-order valence-corrected chi connectivity index (χ3v) is 6.25. The van der Waals surface area contributed by atoms with Crippen molar-refractivity contribution >= 4 is 15.9 Å². The Morgan fingerprint density at radius 3 is 2.22 bits per heavy atom. The number of carbonyl (C=O) groups excluding carboxylic acids is 1. The van der Waals surface area contributed by atoms with Crippen LogP contribution in [0.2, 0.25) is 0 Å². The maximum absolute atomic E-state index is 12.8. The lowest BCUT2D eigenvalue weighted by Crippen LogP contribution is -2.30. The minimum absolute atomic E-state index is 0.105. The Morgan fingerprint density at radius 1 is 1.04 bits per heavy atom. The zero-order valence-electron chi connectivity index (χ0n) is 16.2. The van der Waals surface area contributed by atoms with Crippen LogP contribution in [0.15, 0.2) is 59.5 Å². The van der Waals surface area contributed by atoms with Crippen LogP contribution >= 0.6 is 0 Å². The van der Waals surface area contributed by atoms with Crippen molar-refractivity contribution in [3.8, 4) is 0 Å². The van der Waals surface area contributed by atoms with Crippen LogP contribution in [0.5, 0.6) is 0 Å². The second-order valence-electron chi connectivity index (χ2n) is 6.88. The molecular formula is C21H28N2O3S. The fourth-order valence-electron chi connectivity index (χ4n) is 2.65. The van der Waals surface area contributed by atoms with E-state index < -0.39 is 10.0 Å². The van der Waals surface area contributed by atoms with Crippen LogP contribution in [-0.4, -0.2) is 31.7 Å². The zero-order chi connectivity index (χ0) is 19.9. The summed E-state index contributed by atoms with van der Waals surface area (Å²) in [5.41, 5.74) is 1.42. The van der Waals surface area contributed by atoms with Crippen LogP contribution in [0, 0.1) is 5.92 Å². The van der Waals surface area contributed by atoms with Gasteiger partial charge in [0.25, 0.3) is 5.91 Å². The van der Waals surface area contributed by atoms with Gasteiger partial charge < -0.3 is 5.32 Å². The van der Waals surface area contributed by atoms with E-state index in [1.165, 1.54) is 4.31 Å². The Balaban J connectivity index is 2.05. The molecule has 0 heterocycles. The number of carbonyl (C=O) groups is 1. The average Bonchev–Trinajstić information content (AvgIpc) is 2.66. The maximum atomic E-state index is 12.8. The first kappa shape index (κ1) is 21.1. The number of hydrogen-bond acceptors (Lipinski definition) is 3. The van der Waals surface area contributed by atoms with Crippen LogP contribution in [0.25, 0.3) is 0 Å². The Kier molecular flexibility index (Phi) is 7.56. The molecule has 0 radical (unpaired) electrons. The molecule has 0 aliphatic rings. The summed E-state index contributed by atoms with van der Waals surface area (Å²) in [5.74, 6) is 0.436. The Labute approximate surface area is 162 Å². The molecule has 0 bridgehead atoms. The maximum Gasteiger partial charge on any atom is 0.251 e. The molecular weight excluding hydrogens is 360 g/mol. The van der Waals surface area contributed by atoms with E-state index in [9.17, 15) is 13.2 Å². The van der Waals surface area contributed by atoms with Gasteiger partial charge in [0.2, 0.25) is 10.0 Å². The number of nitrogens with zero attached hydrogens (tertiary/aromatic N) is 1. The van der Waals surface area contributed by atoms with Gasteiger partial charge in [0.05, 0.1) is 4.90 Å². The molecule has 1 N–H and O–H groups in total. The van der Waals surface area contributed by atoms with Gasteiger partial charge in [-0.15, -0.1) is 0 Å². The first-order valence-corrected chi connectivity index (χ1v) is 10.7. The van der Waals surface area contributed by atoms with Gasteiger partial charge >= 0.3 is 0 Å². The molecule has 0 saturated heterocycles. The molecule has 0 aliphatic carbocycles. The summed E-state index contributed by atoms with van der Waals surface area (Å²) in [6.07, 6.45) is 0.937. The van der Waals surface area contributed by atoms with E-state index in [0.717, 1.165) is 12.0 Å². The van der Waals surface area contributed by atoms with Gasteiger partial charge in [-0.2, -0.15) is 4.31 Å². The standard InChI is InChI=1S/C21H28N2O3S/c1-4-23(27(25,26)20-8-6-5-7-9-20)16-18-10-12-19(13-11-18)21(24)22-15-14-17(2)3/h5-13,17H,4,14-16H2,1-3H3,(H,22,24). The molecule has 0 atom stereocenters. The van der Waals surface area contributed by atoms with Gasteiger partial charge in [-0.3, -0.25) is 4.79 Å². The van der Waals surface area contributed by atoms with Gasteiger partial charge in [0, 0.05) is 25.2 Å². The van der Waals surface area contributed by atoms with Crippen LogP contribution in [0.3, 0.4) is 0 Å². The monoisotopic (exact) mass is 388 g/mol. The summed E-state index contributed by atoms with van der Waals surface area (Å²) in [6, 6.07) is 15.5. The van der Waals surface area contributed by atoms with Gasteiger partial charge in [-0.1, -0.05) is 51.1 Å². The molecule has 0 spiro atoms. The summed E-state index contributed by atoms with van der Waals surface area (Å²) >= 11 is 0. The molecule has 0 aliphatic heterocycles. The van der Waals surface area contributed by atoms with Crippen molar-refractivity contribution < 1.29 is 13.2 Å². The number of amides is 1. The molecule has 1 amide bonds. The van der Waals surface area contributed by atoms with Crippen LogP contribution < -0.4 is 5.32 Å². The molecule has 5 nitrogen and oxygen atoms in total. The third kappa shape index (κ3) is 5.91. The average molecular weight is 389 g/mol. The molecule has 146 valence electrons. The second-order valence-corrected chi connectivity index (χ2v) is 8.82. The summed E-state index contributed by atoms with van der Waals surface area (Å²) in [4.78, 5) is 12.4. The number of rotatable bonds is 9. The highest BCUT2D eigenvalue weighted by Crippen LogP contribution is 2.18. The second kappa shape index (κ2) is 9.67. The number of hydrogen-bond donors (Lipinski definition) is 1. The predicted octanol–water partition coefficient (Wildman–Crippen LogP) is 3.67. The highest BCUT2D eigenvalue weighted by molar-refractivity contribution is 7.89. The Morgan fingerprint density at radius 2 is 1.67 bits per heavy atom. The molecule has 2 aromatic rings. The highest BCUT2D eigenvalue weighted by atomic mass is 32.2. The largest absolute Gasteiger partial charge is 0.352 e. The smallest absolute Gasteiger partial charge is 0.251 e. The minimum atomic E-state index is -3.54. The third-order valence-electron chi connectivity index (χ3n) is 4.32. The summed E-state index contributed by atoms with van der Waals surface area (Å²) < 4.78 is 27.0. The Hall–Kier alpha value is -2.18. The van der Waals surface area contributed by atoms with E-state index in [1.807, 2.05) is 6.92 Å². The van der Waals surface area contributed by atoms with Crippen molar-refractivity contribution in [3.05, 3.63) is 65.7 Å². The van der Waals surface area contributed by atoms with E-state index in [0.29, 0.717) is 24.6 Å². The van der Waals surface area contributed by atoms with E-state index in [4.69, 9.17) is 0 Å². The van der Waals surface area contributed by atoms with Gasteiger partial charge in [0.15, 0.2) is 0 Å². The number of sulfonamides is 1. The van der Waals surface area contributed by atoms with Crippen LogP contribution in [0.4, 0.5) is 0 Å². The topological polar surface area (TPSA) is 66.5 Å². The van der Waals surface area contributed by atoms with Crippen molar-refractivity contribution in [2.45, 2.75) is 38.6 Å². The summed E-state index contributed by atoms with van der Waals surface area (Å²) in [7, 11) is -3.54. The lowest BCUT2D eigenvalue weighted by molar-refractivity contribution is 0.0952. The molecule has 0 unspecified atom stereocenters. The number of benzene rings is 2. The van der Waals surface area contributed by atoms with E-state index in [-0.39, 0.29) is 17.3 Å². The molecule has 2 aromatic carbocycles. The molecule has 0 aromatic heterocycles. The van der Waals surface area contributed by atoms with Crippen molar-refractivity contribution in [2.24, 2.45) is 5.92 Å². The predicted molar refractivity (Wildman–Crippen MR) is 108 cm³/mol. The van der Waals surface area contributed by atoms with Gasteiger partial charge in [-0.05, 0) is 42.2 Å². The van der Waals surface area contributed by atoms with Crippen molar-refractivity contribution in [3.63, 3.8) is 0 Å². The van der Waals surface area contributed by atoms with E-state index >= 15 is 0 Å². The summed E-state index contributed by atoms with van der Waals surface area (Å²) in [5, 5.41) is 2.90. The normalized spacial score (nSPS) is 11.7. The fourth-order valence-corrected chi connectivity index (χ4v) is 4.11. The SMILES string of the molecule is CCN(Cc1ccc(C(=O)NCCC(C)C)cc1)S(=O)(=O)c1ccccc1. The fraction of sp³-hybridized carbons (Fsp3) is 0.381. The van der Waals surface area contributed by atoms with Crippen molar-refractivity contribution in [2.75, 3.05) is 13.1 Å². The number of nitrogens with one attached hydrogen (secondary N) is 1. The summed E-state index contributed by atoms with van der Waals surface area (Å²) in [6.45, 7) is 7.33. The lowest BCUT2D eigenvalue weighted by Gasteiger charge is -2.20. The Bertz CT molecular complexity index is 831. The first-order chi connectivity index (χ1) is 12.8. The zero-order valence-corrected chi connectivity index (χ0v) is 17.0. The van der Waals surface area contributed by atoms with Crippen molar-refractivity contribution in [1.29, 1.82) is 0 Å². The van der Waals surface area contributed by atoms with E-state index in [1.54, 1.807) is 54.6 Å². The lowest BCUT2D eigenvalue weighted by atomic mass is 10.1. The van der Waals surface area contributed by atoms with Gasteiger partial charge in [-0.25, -0.2) is 8.42 Å². The van der Waals surface area contributed by atoms with Crippen molar-refractivity contribution in [1.82, 2.24) is 9.62 Å². The molecule has 27 heavy (non-hydrogen) atoms. The van der Waals surface area contributed by atoms with Gasteiger partial charge in [0.1, 0.15) is 0 Å². The first-order valence-electron chi connectivity index (χ1n) is 9.27. The minimum Gasteiger partial charge on any atom is -0.352 e. The van der Waals surface area contributed by atoms with E-state index in [2.05, 4.69) is 19.2 Å². The quantitative estimate of drug-likeness (QED) is 0.713. The highest BCUT2D eigenvalue weighted by Gasteiger charge is 2.22.